The van der Waals surface area contributed by atoms with Crippen molar-refractivity contribution in [3.8, 4) is 0 Å². The van der Waals surface area contributed by atoms with Gasteiger partial charge in [-0.2, -0.15) is 5.10 Å². The highest BCUT2D eigenvalue weighted by Crippen LogP contribution is 2.41. The van der Waals surface area contributed by atoms with Gasteiger partial charge in [-0.15, -0.1) is 11.3 Å². The summed E-state index contributed by atoms with van der Waals surface area (Å²) in [6.07, 6.45) is 6.37. The molecule has 5 nitrogen and oxygen atoms in total. The van der Waals surface area contributed by atoms with Gasteiger partial charge in [0.1, 0.15) is 0 Å². The normalized spacial score (nSPS) is 17.0. The summed E-state index contributed by atoms with van der Waals surface area (Å²) >= 11 is 1.72. The Balaban J connectivity index is 1.58. The third-order valence-corrected chi connectivity index (χ3v) is 6.32. The van der Waals surface area contributed by atoms with E-state index in [2.05, 4.69) is 41.4 Å². The van der Waals surface area contributed by atoms with Crippen molar-refractivity contribution in [1.29, 1.82) is 0 Å². The minimum atomic E-state index is 0.128. The molecule has 27 heavy (non-hydrogen) atoms. The van der Waals surface area contributed by atoms with E-state index in [4.69, 9.17) is 4.98 Å². The largest absolute Gasteiger partial charge is 0.330 e. The van der Waals surface area contributed by atoms with E-state index < -0.39 is 0 Å². The summed E-state index contributed by atoms with van der Waals surface area (Å²) in [5, 5.41) is 7.50. The molecule has 3 aromatic heterocycles. The lowest BCUT2D eigenvalue weighted by molar-refractivity contribution is 0.0733. The van der Waals surface area contributed by atoms with Crippen molar-refractivity contribution in [3.05, 3.63) is 45.9 Å². The monoisotopic (exact) mass is 380 g/mol. The second-order valence-corrected chi connectivity index (χ2v) is 9.06. The van der Waals surface area contributed by atoms with Crippen LogP contribution in [0.2, 0.25) is 0 Å². The van der Waals surface area contributed by atoms with Gasteiger partial charge in [0.05, 0.1) is 23.7 Å². The van der Waals surface area contributed by atoms with E-state index in [0.29, 0.717) is 18.5 Å². The highest BCUT2D eigenvalue weighted by Gasteiger charge is 2.35. The Morgan fingerprint density at radius 3 is 2.78 bits per heavy atom. The van der Waals surface area contributed by atoms with Crippen LogP contribution < -0.4 is 0 Å². The van der Waals surface area contributed by atoms with Gasteiger partial charge in [0.25, 0.3) is 5.91 Å². The molecule has 6 heteroatoms. The predicted molar refractivity (Wildman–Crippen MR) is 107 cm³/mol. The van der Waals surface area contributed by atoms with Crippen LogP contribution in [0.4, 0.5) is 0 Å². The molecule has 0 radical (unpaired) electrons. The van der Waals surface area contributed by atoms with E-state index in [1.807, 2.05) is 16.9 Å². The summed E-state index contributed by atoms with van der Waals surface area (Å²) in [6.45, 7) is 4.90. The number of aromatic nitrogens is 3. The Morgan fingerprint density at radius 1 is 1.33 bits per heavy atom. The van der Waals surface area contributed by atoms with Crippen LogP contribution in [0.3, 0.4) is 0 Å². The second kappa shape index (κ2) is 6.44. The van der Waals surface area contributed by atoms with Crippen molar-refractivity contribution in [3.63, 3.8) is 0 Å². The molecule has 2 aliphatic rings. The van der Waals surface area contributed by atoms with Gasteiger partial charge >= 0.3 is 0 Å². The van der Waals surface area contributed by atoms with E-state index in [1.54, 1.807) is 11.3 Å². The van der Waals surface area contributed by atoms with Crippen molar-refractivity contribution in [2.45, 2.75) is 64.1 Å². The lowest BCUT2D eigenvalue weighted by Crippen LogP contribution is -2.32. The molecule has 2 fully saturated rings. The first-order valence-electron chi connectivity index (χ1n) is 9.83. The highest BCUT2D eigenvalue weighted by molar-refractivity contribution is 7.09. The van der Waals surface area contributed by atoms with E-state index in [-0.39, 0.29) is 11.9 Å². The van der Waals surface area contributed by atoms with Crippen LogP contribution in [0.25, 0.3) is 11.0 Å². The fourth-order valence-corrected chi connectivity index (χ4v) is 4.36. The number of pyridine rings is 1. The third-order valence-electron chi connectivity index (χ3n) is 5.46. The number of carbonyl (C=O) groups excluding carboxylic acids is 1. The smallest absolute Gasteiger partial charge is 0.255 e. The maximum absolute atomic E-state index is 13.6. The topological polar surface area (TPSA) is 51.0 Å². The molecule has 5 rings (SSSR count). The number of thiophene rings is 1. The van der Waals surface area contributed by atoms with Crippen molar-refractivity contribution < 1.29 is 4.79 Å². The Labute approximate surface area is 163 Å². The van der Waals surface area contributed by atoms with Crippen molar-refractivity contribution in [2.24, 2.45) is 0 Å². The van der Waals surface area contributed by atoms with Crippen LogP contribution in [0, 0.1) is 0 Å². The van der Waals surface area contributed by atoms with Crippen LogP contribution in [0.15, 0.2) is 29.8 Å². The molecule has 3 heterocycles. The molecule has 0 saturated heterocycles. The second-order valence-electron chi connectivity index (χ2n) is 8.03. The average Bonchev–Trinajstić information content (AvgIpc) is 3.58. The molecule has 0 bridgehead atoms. The highest BCUT2D eigenvalue weighted by atomic mass is 32.1. The number of rotatable bonds is 6. The lowest BCUT2D eigenvalue weighted by Gasteiger charge is -2.22. The molecule has 140 valence electrons. The van der Waals surface area contributed by atoms with Gasteiger partial charge in [-0.05, 0) is 57.0 Å². The maximum Gasteiger partial charge on any atom is 0.255 e. The number of nitrogens with zero attached hydrogens (tertiary/aromatic N) is 4. The molecule has 2 aliphatic carbocycles. The first-order valence-corrected chi connectivity index (χ1v) is 10.7. The van der Waals surface area contributed by atoms with E-state index >= 15 is 0 Å². The Kier molecular flexibility index (Phi) is 4.04. The van der Waals surface area contributed by atoms with Gasteiger partial charge in [-0.1, -0.05) is 6.07 Å². The molecule has 0 N–H and O–H groups in total. The third kappa shape index (κ3) is 3.16. The number of hydrogen-bond donors (Lipinski definition) is 0. The molecule has 2 saturated carbocycles. The van der Waals surface area contributed by atoms with Gasteiger partial charge in [0.15, 0.2) is 5.65 Å². The van der Waals surface area contributed by atoms with E-state index in [0.717, 1.165) is 35.1 Å². The van der Waals surface area contributed by atoms with Crippen LogP contribution in [-0.2, 0) is 6.54 Å². The molecule has 0 unspecified atom stereocenters. The molecule has 0 aliphatic heterocycles. The van der Waals surface area contributed by atoms with Crippen LogP contribution in [0.5, 0.6) is 0 Å². The quantitative estimate of drug-likeness (QED) is 0.620. The Bertz CT molecular complexity index is 983. The number of amides is 1. The van der Waals surface area contributed by atoms with Gasteiger partial charge in [0.2, 0.25) is 0 Å². The minimum Gasteiger partial charge on any atom is -0.330 e. The fourth-order valence-electron chi connectivity index (χ4n) is 3.66. The Hall–Kier alpha value is -2.21. The predicted octanol–water partition coefficient (Wildman–Crippen LogP) is 4.76. The summed E-state index contributed by atoms with van der Waals surface area (Å²) in [6, 6.07) is 6.80. The molecule has 0 spiro atoms. The summed E-state index contributed by atoms with van der Waals surface area (Å²) < 4.78 is 1.94. The number of fused-ring (bicyclic) bond motifs is 1. The zero-order valence-corrected chi connectivity index (χ0v) is 16.6. The number of hydrogen-bond acceptors (Lipinski definition) is 4. The number of carbonyl (C=O) groups is 1. The maximum atomic E-state index is 13.6. The molecule has 1 amide bonds. The lowest BCUT2D eigenvalue weighted by atomic mass is 10.1. The van der Waals surface area contributed by atoms with E-state index in [1.165, 1.54) is 17.7 Å². The Morgan fingerprint density at radius 2 is 2.15 bits per heavy atom. The van der Waals surface area contributed by atoms with Crippen molar-refractivity contribution in [1.82, 2.24) is 19.7 Å². The van der Waals surface area contributed by atoms with Gasteiger partial charge in [0, 0.05) is 28.6 Å². The SMILES string of the molecule is CC(C)n1ncc2c(C(=O)N(Cc3cccs3)C3CC3)cc(C3CC3)nc21. The molecule has 0 aromatic carbocycles. The fraction of sp³-hybridized carbons (Fsp3) is 0.476. The van der Waals surface area contributed by atoms with Crippen molar-refractivity contribution >= 4 is 28.3 Å². The summed E-state index contributed by atoms with van der Waals surface area (Å²) in [5.41, 5.74) is 2.68. The van der Waals surface area contributed by atoms with Gasteiger partial charge < -0.3 is 4.90 Å². The van der Waals surface area contributed by atoms with Gasteiger partial charge in [-0.3, -0.25) is 4.79 Å². The first kappa shape index (κ1) is 16.9. The zero-order chi connectivity index (χ0) is 18.5. The molecule has 0 atom stereocenters. The van der Waals surface area contributed by atoms with E-state index in [9.17, 15) is 4.79 Å². The van der Waals surface area contributed by atoms with Crippen LogP contribution in [0.1, 0.15) is 72.4 Å². The minimum absolute atomic E-state index is 0.128. The zero-order valence-electron chi connectivity index (χ0n) is 15.8. The van der Waals surface area contributed by atoms with Gasteiger partial charge in [-0.25, -0.2) is 9.67 Å². The standard InChI is InChI=1S/C21H24N4OS/c1-13(2)25-20-18(11-22-25)17(10-19(23-20)14-5-6-14)21(26)24(15-7-8-15)12-16-4-3-9-27-16/h3-4,9-11,13-15H,5-8,12H2,1-2H3. The molecular formula is C21H24N4OS. The molecular weight excluding hydrogens is 356 g/mol. The summed E-state index contributed by atoms with van der Waals surface area (Å²) in [7, 11) is 0. The average molecular weight is 381 g/mol. The van der Waals surface area contributed by atoms with Crippen molar-refractivity contribution in [2.75, 3.05) is 0 Å². The van der Waals surface area contributed by atoms with Crippen LogP contribution >= 0.6 is 11.3 Å². The summed E-state index contributed by atoms with van der Waals surface area (Å²) in [5.74, 6) is 0.631. The summed E-state index contributed by atoms with van der Waals surface area (Å²) in [4.78, 5) is 21.8. The molecule has 3 aromatic rings. The van der Waals surface area contributed by atoms with Crippen LogP contribution in [-0.4, -0.2) is 31.6 Å². The first-order chi connectivity index (χ1) is 13.1.